The number of carbonyl (C=O) groups excluding carboxylic acids is 2. The van der Waals surface area contributed by atoms with Crippen LogP contribution in [0.15, 0.2) is 66.7 Å². The molecule has 0 aromatic heterocycles. The summed E-state index contributed by atoms with van der Waals surface area (Å²) in [5, 5.41) is 4.56. The van der Waals surface area contributed by atoms with Gasteiger partial charge in [0.25, 0.3) is 5.91 Å². The minimum atomic E-state index is -0.786. The standard InChI is InChI=1S/C29H31Cl3N2O3/c1-4-20(3)33-29(36)27(15-21-8-6-5-7-9-21)34(17-22-10-11-23(30)16-26(22)32)28(35)18-37-24-12-13-25(31)19(2)14-24/h5-14,16,20,27H,4,15,17-18H2,1-3H3,(H,33,36). The van der Waals surface area contributed by atoms with Crippen molar-refractivity contribution in [2.45, 2.75) is 52.2 Å². The summed E-state index contributed by atoms with van der Waals surface area (Å²) < 4.78 is 5.82. The third kappa shape index (κ3) is 8.39. The lowest BCUT2D eigenvalue weighted by Crippen LogP contribution is -2.53. The summed E-state index contributed by atoms with van der Waals surface area (Å²) in [5.74, 6) is -0.0683. The van der Waals surface area contributed by atoms with Crippen LogP contribution in [0.5, 0.6) is 5.75 Å². The summed E-state index contributed by atoms with van der Waals surface area (Å²) in [6.45, 7) is 5.65. The summed E-state index contributed by atoms with van der Waals surface area (Å²) in [6.07, 6.45) is 1.10. The Kier molecular flexibility index (Phi) is 10.7. The number of hydrogen-bond acceptors (Lipinski definition) is 3. The largest absolute Gasteiger partial charge is 0.484 e. The van der Waals surface area contributed by atoms with E-state index in [9.17, 15) is 9.59 Å². The molecule has 0 radical (unpaired) electrons. The highest BCUT2D eigenvalue weighted by atomic mass is 35.5. The number of amides is 2. The molecular weight excluding hydrogens is 531 g/mol. The highest BCUT2D eigenvalue weighted by Crippen LogP contribution is 2.25. The van der Waals surface area contributed by atoms with Gasteiger partial charge in [-0.1, -0.05) is 78.1 Å². The number of nitrogens with one attached hydrogen (secondary N) is 1. The smallest absolute Gasteiger partial charge is 0.261 e. The molecule has 1 N–H and O–H groups in total. The van der Waals surface area contributed by atoms with E-state index in [0.29, 0.717) is 32.8 Å². The molecule has 2 unspecified atom stereocenters. The quantitative estimate of drug-likeness (QED) is 0.277. The summed E-state index contributed by atoms with van der Waals surface area (Å²) in [7, 11) is 0. The highest BCUT2D eigenvalue weighted by Gasteiger charge is 2.31. The molecular formula is C29H31Cl3N2O3. The summed E-state index contributed by atoms with van der Waals surface area (Å²) in [5.41, 5.74) is 2.45. The zero-order valence-electron chi connectivity index (χ0n) is 21.1. The zero-order valence-corrected chi connectivity index (χ0v) is 23.4. The van der Waals surface area contributed by atoms with Crippen LogP contribution in [-0.4, -0.2) is 35.4 Å². The van der Waals surface area contributed by atoms with Crippen LogP contribution >= 0.6 is 34.8 Å². The molecule has 0 bridgehead atoms. The van der Waals surface area contributed by atoms with Crippen LogP contribution in [0.2, 0.25) is 15.1 Å². The van der Waals surface area contributed by atoms with E-state index in [0.717, 1.165) is 17.5 Å². The van der Waals surface area contributed by atoms with Gasteiger partial charge < -0.3 is 15.0 Å². The van der Waals surface area contributed by atoms with E-state index in [1.165, 1.54) is 4.90 Å². The Hall–Kier alpha value is -2.73. The number of halogens is 3. The van der Waals surface area contributed by atoms with E-state index in [1.54, 1.807) is 36.4 Å². The van der Waals surface area contributed by atoms with E-state index in [2.05, 4.69) is 5.32 Å². The van der Waals surface area contributed by atoms with Crippen molar-refractivity contribution in [2.24, 2.45) is 0 Å². The Balaban J connectivity index is 1.94. The predicted molar refractivity (Wildman–Crippen MR) is 151 cm³/mol. The molecule has 0 aliphatic carbocycles. The van der Waals surface area contributed by atoms with E-state index < -0.39 is 6.04 Å². The van der Waals surface area contributed by atoms with Crippen LogP contribution in [0.4, 0.5) is 0 Å². The van der Waals surface area contributed by atoms with Crippen molar-refractivity contribution in [3.05, 3.63) is 98.5 Å². The second-order valence-electron chi connectivity index (χ2n) is 8.98. The van der Waals surface area contributed by atoms with Gasteiger partial charge in [-0.2, -0.15) is 0 Å². The van der Waals surface area contributed by atoms with Crippen LogP contribution < -0.4 is 10.1 Å². The molecule has 8 heteroatoms. The molecule has 0 saturated carbocycles. The predicted octanol–water partition coefficient (Wildman–Crippen LogP) is 6.89. The van der Waals surface area contributed by atoms with Crippen LogP contribution in [0.3, 0.4) is 0 Å². The lowest BCUT2D eigenvalue weighted by Gasteiger charge is -2.32. The molecule has 196 valence electrons. The Morgan fingerprint density at radius 3 is 2.35 bits per heavy atom. The molecule has 0 saturated heterocycles. The van der Waals surface area contributed by atoms with Gasteiger partial charge in [-0.15, -0.1) is 0 Å². The second kappa shape index (κ2) is 13.7. The van der Waals surface area contributed by atoms with Gasteiger partial charge in [-0.3, -0.25) is 9.59 Å². The zero-order chi connectivity index (χ0) is 26.9. The summed E-state index contributed by atoms with van der Waals surface area (Å²) >= 11 is 18.7. The molecule has 0 fully saturated rings. The number of benzene rings is 3. The first-order valence-electron chi connectivity index (χ1n) is 12.1. The molecule has 37 heavy (non-hydrogen) atoms. The number of carbonyl (C=O) groups is 2. The molecule has 0 aliphatic rings. The Labute approximate surface area is 233 Å². The van der Waals surface area contributed by atoms with Gasteiger partial charge in [0.05, 0.1) is 0 Å². The molecule has 3 rings (SSSR count). The molecule has 3 aromatic carbocycles. The maximum Gasteiger partial charge on any atom is 0.261 e. The number of ether oxygens (including phenoxy) is 1. The van der Waals surface area contributed by atoms with Crippen molar-refractivity contribution in [2.75, 3.05) is 6.61 Å². The monoisotopic (exact) mass is 560 g/mol. The Bertz CT molecular complexity index is 1220. The van der Waals surface area contributed by atoms with Crippen molar-refractivity contribution in [3.8, 4) is 5.75 Å². The molecule has 0 spiro atoms. The Morgan fingerprint density at radius 2 is 1.70 bits per heavy atom. The maximum atomic E-state index is 13.7. The summed E-state index contributed by atoms with van der Waals surface area (Å²) in [6, 6.07) is 19.1. The molecule has 0 heterocycles. The second-order valence-corrected chi connectivity index (χ2v) is 10.2. The van der Waals surface area contributed by atoms with Crippen LogP contribution in [0, 0.1) is 6.92 Å². The van der Waals surface area contributed by atoms with E-state index >= 15 is 0 Å². The molecule has 0 aliphatic heterocycles. The number of nitrogens with zero attached hydrogens (tertiary/aromatic N) is 1. The van der Waals surface area contributed by atoms with Crippen molar-refractivity contribution in [3.63, 3.8) is 0 Å². The van der Waals surface area contributed by atoms with Gasteiger partial charge in [-0.25, -0.2) is 0 Å². The van der Waals surface area contributed by atoms with Gasteiger partial charge in [0, 0.05) is 34.1 Å². The van der Waals surface area contributed by atoms with Gasteiger partial charge in [0.1, 0.15) is 11.8 Å². The average Bonchev–Trinajstić information content (AvgIpc) is 2.88. The van der Waals surface area contributed by atoms with Crippen LogP contribution in [0.25, 0.3) is 0 Å². The fourth-order valence-corrected chi connectivity index (χ4v) is 4.35. The number of hydrogen-bond donors (Lipinski definition) is 1. The topological polar surface area (TPSA) is 58.6 Å². The van der Waals surface area contributed by atoms with E-state index in [1.807, 2.05) is 51.1 Å². The number of aryl methyl sites for hydroxylation is 1. The molecule has 2 atom stereocenters. The summed E-state index contributed by atoms with van der Waals surface area (Å²) in [4.78, 5) is 28.7. The highest BCUT2D eigenvalue weighted by molar-refractivity contribution is 6.35. The van der Waals surface area contributed by atoms with Crippen LogP contribution in [-0.2, 0) is 22.6 Å². The molecule has 3 aromatic rings. The van der Waals surface area contributed by atoms with E-state index in [4.69, 9.17) is 39.5 Å². The van der Waals surface area contributed by atoms with Gasteiger partial charge in [-0.05, 0) is 67.3 Å². The lowest BCUT2D eigenvalue weighted by molar-refractivity contribution is -0.143. The Morgan fingerprint density at radius 1 is 0.973 bits per heavy atom. The van der Waals surface area contributed by atoms with Crippen molar-refractivity contribution in [1.29, 1.82) is 0 Å². The lowest BCUT2D eigenvalue weighted by atomic mass is 10.0. The van der Waals surface area contributed by atoms with Gasteiger partial charge in [0.2, 0.25) is 5.91 Å². The van der Waals surface area contributed by atoms with Crippen molar-refractivity contribution in [1.82, 2.24) is 10.2 Å². The SMILES string of the molecule is CCC(C)NC(=O)C(Cc1ccccc1)N(Cc1ccc(Cl)cc1Cl)C(=O)COc1ccc(Cl)c(C)c1. The fourth-order valence-electron chi connectivity index (χ4n) is 3.76. The first kappa shape index (κ1) is 28.8. The normalized spacial score (nSPS) is 12.5. The minimum Gasteiger partial charge on any atom is -0.484 e. The number of rotatable bonds is 11. The van der Waals surface area contributed by atoms with E-state index in [-0.39, 0.29) is 31.0 Å². The molecule has 2 amide bonds. The van der Waals surface area contributed by atoms with Gasteiger partial charge in [0.15, 0.2) is 6.61 Å². The molecule has 5 nitrogen and oxygen atoms in total. The third-order valence-corrected chi connectivity index (χ3v) is 7.13. The third-order valence-electron chi connectivity index (χ3n) is 6.12. The fraction of sp³-hybridized carbons (Fsp3) is 0.310. The van der Waals surface area contributed by atoms with Gasteiger partial charge >= 0.3 is 0 Å². The maximum absolute atomic E-state index is 13.7. The van der Waals surface area contributed by atoms with Crippen LogP contribution in [0.1, 0.15) is 37.0 Å². The van der Waals surface area contributed by atoms with Crippen molar-refractivity contribution >= 4 is 46.6 Å². The first-order valence-corrected chi connectivity index (χ1v) is 13.3. The first-order chi connectivity index (χ1) is 17.7. The minimum absolute atomic E-state index is 0.0462. The average molecular weight is 562 g/mol. The van der Waals surface area contributed by atoms with Crippen molar-refractivity contribution < 1.29 is 14.3 Å².